The number of para-hydroxylation sites is 3. The SMILES string of the molecule is COc1ccccc1N1CCN(CCC(=O)N(C)c2cccc3c(=O)c(C)c(-c4ccccc4)oc23)CC1. The van der Waals surface area contributed by atoms with E-state index < -0.39 is 0 Å². The van der Waals surface area contributed by atoms with Crippen molar-refractivity contribution in [3.05, 3.63) is 88.6 Å². The quantitative estimate of drug-likeness (QED) is 0.350. The van der Waals surface area contributed by atoms with Gasteiger partial charge in [-0.1, -0.05) is 48.5 Å². The highest BCUT2D eigenvalue weighted by molar-refractivity contribution is 6.01. The van der Waals surface area contributed by atoms with Crippen LogP contribution in [0, 0.1) is 6.92 Å². The van der Waals surface area contributed by atoms with E-state index in [-0.39, 0.29) is 11.3 Å². The van der Waals surface area contributed by atoms with E-state index in [1.165, 1.54) is 0 Å². The average Bonchev–Trinajstić information content (AvgIpc) is 2.97. The molecule has 0 aliphatic carbocycles. The lowest BCUT2D eigenvalue weighted by atomic mass is 10.1. The van der Waals surface area contributed by atoms with Gasteiger partial charge in [-0.15, -0.1) is 0 Å². The lowest BCUT2D eigenvalue weighted by Gasteiger charge is -2.36. The fourth-order valence-electron chi connectivity index (χ4n) is 5.08. The van der Waals surface area contributed by atoms with Crippen molar-refractivity contribution in [1.82, 2.24) is 4.90 Å². The first-order valence-corrected chi connectivity index (χ1v) is 13.0. The normalized spacial score (nSPS) is 14.0. The molecule has 1 amide bonds. The Labute approximate surface area is 222 Å². The zero-order chi connectivity index (χ0) is 26.6. The number of carbonyl (C=O) groups is 1. The molecule has 0 saturated carbocycles. The van der Waals surface area contributed by atoms with E-state index in [4.69, 9.17) is 9.15 Å². The monoisotopic (exact) mass is 511 g/mol. The predicted octanol–water partition coefficient (Wildman–Crippen LogP) is 4.95. The maximum Gasteiger partial charge on any atom is 0.228 e. The van der Waals surface area contributed by atoms with Crippen LogP contribution < -0.4 is 20.0 Å². The maximum absolute atomic E-state index is 13.3. The third-order valence-electron chi connectivity index (χ3n) is 7.34. The number of benzene rings is 3. The topological polar surface area (TPSA) is 66.2 Å². The molecule has 1 aliphatic rings. The van der Waals surface area contributed by atoms with Crippen LogP contribution in [0.5, 0.6) is 5.75 Å². The first-order chi connectivity index (χ1) is 18.5. The van der Waals surface area contributed by atoms with Crippen molar-refractivity contribution in [2.75, 3.05) is 56.7 Å². The molecule has 0 spiro atoms. The van der Waals surface area contributed by atoms with Gasteiger partial charge in [-0.2, -0.15) is 0 Å². The molecule has 4 aromatic rings. The minimum atomic E-state index is -0.0827. The molecule has 0 bridgehead atoms. The zero-order valence-corrected chi connectivity index (χ0v) is 22.1. The Morgan fingerprint density at radius 1 is 0.947 bits per heavy atom. The van der Waals surface area contributed by atoms with Crippen molar-refractivity contribution in [2.24, 2.45) is 0 Å². The van der Waals surface area contributed by atoms with E-state index in [0.717, 1.165) is 43.2 Å². The minimum Gasteiger partial charge on any atom is -0.495 e. The summed E-state index contributed by atoms with van der Waals surface area (Å²) in [5.41, 5.74) is 3.45. The average molecular weight is 512 g/mol. The number of hydrogen-bond acceptors (Lipinski definition) is 6. The molecule has 5 rings (SSSR count). The lowest BCUT2D eigenvalue weighted by molar-refractivity contribution is -0.118. The highest BCUT2D eigenvalue weighted by Gasteiger charge is 2.23. The molecule has 1 aromatic heterocycles. The molecule has 0 radical (unpaired) electrons. The van der Waals surface area contributed by atoms with E-state index in [1.807, 2.05) is 54.6 Å². The number of piperazine rings is 1. The van der Waals surface area contributed by atoms with Crippen molar-refractivity contribution in [3.8, 4) is 17.1 Å². The minimum absolute atomic E-state index is 0.0193. The molecule has 1 saturated heterocycles. The first-order valence-electron chi connectivity index (χ1n) is 13.0. The Balaban J connectivity index is 1.28. The van der Waals surface area contributed by atoms with Crippen LogP contribution >= 0.6 is 0 Å². The molecule has 2 heterocycles. The van der Waals surface area contributed by atoms with Gasteiger partial charge in [-0.3, -0.25) is 14.5 Å². The number of fused-ring (bicyclic) bond motifs is 1. The van der Waals surface area contributed by atoms with Crippen LogP contribution in [0.25, 0.3) is 22.3 Å². The Kier molecular flexibility index (Phi) is 7.47. The molecule has 7 heteroatoms. The van der Waals surface area contributed by atoms with E-state index >= 15 is 0 Å². The molecule has 196 valence electrons. The fraction of sp³-hybridized carbons (Fsp3) is 0.290. The van der Waals surface area contributed by atoms with Crippen molar-refractivity contribution >= 4 is 28.3 Å². The highest BCUT2D eigenvalue weighted by atomic mass is 16.5. The molecule has 0 unspecified atom stereocenters. The second-order valence-corrected chi connectivity index (χ2v) is 9.61. The Hall–Kier alpha value is -4.10. The van der Waals surface area contributed by atoms with Crippen molar-refractivity contribution in [1.29, 1.82) is 0 Å². The summed E-state index contributed by atoms with van der Waals surface area (Å²) >= 11 is 0. The summed E-state index contributed by atoms with van der Waals surface area (Å²) in [7, 11) is 3.45. The molecule has 7 nitrogen and oxygen atoms in total. The number of amides is 1. The van der Waals surface area contributed by atoms with Gasteiger partial charge in [-0.25, -0.2) is 0 Å². The van der Waals surface area contributed by atoms with Gasteiger partial charge in [0.1, 0.15) is 11.5 Å². The first kappa shape index (κ1) is 25.5. The van der Waals surface area contributed by atoms with Gasteiger partial charge in [-0.05, 0) is 31.2 Å². The predicted molar refractivity (Wildman–Crippen MR) is 152 cm³/mol. The molecule has 38 heavy (non-hydrogen) atoms. The summed E-state index contributed by atoms with van der Waals surface area (Å²) in [6.45, 7) is 5.95. The smallest absolute Gasteiger partial charge is 0.228 e. The van der Waals surface area contributed by atoms with Crippen LogP contribution in [-0.4, -0.2) is 57.7 Å². The van der Waals surface area contributed by atoms with Crippen LogP contribution in [0.2, 0.25) is 0 Å². The highest BCUT2D eigenvalue weighted by Crippen LogP contribution is 2.31. The molecular formula is C31H33N3O4. The van der Waals surface area contributed by atoms with Gasteiger partial charge in [0.15, 0.2) is 11.0 Å². The standard InChI is InChI=1S/C31H33N3O4/c1-22-29(36)24-12-9-14-26(31(24)38-30(22)23-10-5-4-6-11-23)32(2)28(35)16-17-33-18-20-34(21-19-33)25-13-7-8-15-27(25)37-3/h4-15H,16-21H2,1-3H3. The van der Waals surface area contributed by atoms with Gasteiger partial charge in [0.05, 0.1) is 23.9 Å². The van der Waals surface area contributed by atoms with Crippen molar-refractivity contribution in [3.63, 3.8) is 0 Å². The van der Waals surface area contributed by atoms with Gasteiger partial charge < -0.3 is 19.0 Å². The Morgan fingerprint density at radius 2 is 1.66 bits per heavy atom. The summed E-state index contributed by atoms with van der Waals surface area (Å²) in [6, 6.07) is 23.0. The lowest BCUT2D eigenvalue weighted by Crippen LogP contribution is -2.47. The molecule has 1 aliphatic heterocycles. The zero-order valence-electron chi connectivity index (χ0n) is 22.1. The Bertz CT molecular complexity index is 1490. The summed E-state index contributed by atoms with van der Waals surface area (Å²) in [4.78, 5) is 32.7. The molecule has 3 aromatic carbocycles. The van der Waals surface area contributed by atoms with Gasteiger partial charge in [0.2, 0.25) is 5.91 Å². The number of hydrogen-bond donors (Lipinski definition) is 0. The van der Waals surface area contributed by atoms with E-state index in [1.54, 1.807) is 38.1 Å². The summed E-state index contributed by atoms with van der Waals surface area (Å²) < 4.78 is 11.8. The Morgan fingerprint density at radius 3 is 2.39 bits per heavy atom. The summed E-state index contributed by atoms with van der Waals surface area (Å²) in [5, 5.41) is 0.479. The van der Waals surface area contributed by atoms with E-state index in [9.17, 15) is 9.59 Å². The molecule has 0 N–H and O–H groups in total. The van der Waals surface area contributed by atoms with Crippen LogP contribution in [0.15, 0.2) is 82.0 Å². The third kappa shape index (κ3) is 5.02. The van der Waals surface area contributed by atoms with Crippen LogP contribution in [-0.2, 0) is 4.79 Å². The largest absolute Gasteiger partial charge is 0.495 e. The number of ether oxygens (including phenoxy) is 1. The molecule has 0 atom stereocenters. The fourth-order valence-corrected chi connectivity index (χ4v) is 5.08. The van der Waals surface area contributed by atoms with Crippen LogP contribution in [0.4, 0.5) is 11.4 Å². The van der Waals surface area contributed by atoms with Crippen molar-refractivity contribution in [2.45, 2.75) is 13.3 Å². The maximum atomic E-state index is 13.3. The van der Waals surface area contributed by atoms with E-state index in [0.29, 0.717) is 40.9 Å². The molecule has 1 fully saturated rings. The summed E-state index contributed by atoms with van der Waals surface area (Å²) in [5.74, 6) is 1.39. The van der Waals surface area contributed by atoms with Gasteiger partial charge >= 0.3 is 0 Å². The number of carbonyl (C=O) groups excluding carboxylic acids is 1. The number of anilines is 2. The second kappa shape index (κ2) is 11.1. The van der Waals surface area contributed by atoms with Crippen LogP contribution in [0.3, 0.4) is 0 Å². The van der Waals surface area contributed by atoms with E-state index in [2.05, 4.69) is 15.9 Å². The number of methoxy groups -OCH3 is 1. The second-order valence-electron chi connectivity index (χ2n) is 9.61. The van der Waals surface area contributed by atoms with Crippen LogP contribution in [0.1, 0.15) is 12.0 Å². The molecular weight excluding hydrogens is 478 g/mol. The van der Waals surface area contributed by atoms with Gasteiger partial charge in [0, 0.05) is 57.3 Å². The third-order valence-corrected chi connectivity index (χ3v) is 7.34. The number of rotatable bonds is 7. The number of nitrogens with zero attached hydrogens (tertiary/aromatic N) is 3. The summed E-state index contributed by atoms with van der Waals surface area (Å²) in [6.07, 6.45) is 0.378. The van der Waals surface area contributed by atoms with Gasteiger partial charge in [0.25, 0.3) is 0 Å². The van der Waals surface area contributed by atoms with Crippen molar-refractivity contribution < 1.29 is 13.9 Å².